The number of rotatable bonds is 3. The molecule has 0 N–H and O–H groups in total. The maximum atomic E-state index is 11.4. The monoisotopic (exact) mass is 204 g/mol. The summed E-state index contributed by atoms with van der Waals surface area (Å²) >= 11 is 0. The molecule has 1 amide bonds. The molecule has 0 radical (unpaired) electrons. The van der Waals surface area contributed by atoms with E-state index in [1.54, 1.807) is 43.3 Å². The third-order valence-corrected chi connectivity index (χ3v) is 1.95. The molecule has 0 unspecified atom stereocenters. The first kappa shape index (κ1) is 11.1. The largest absolute Gasteiger partial charge is 0.349 e. The average Bonchev–Trinajstić information content (AvgIpc) is 2.21. The van der Waals surface area contributed by atoms with Crippen LogP contribution in [0, 0.1) is 0 Å². The topological polar surface area (TPSA) is 69.1 Å². The van der Waals surface area contributed by atoms with Crippen LogP contribution in [0.3, 0.4) is 0 Å². The maximum Gasteiger partial charge on any atom is 0.226 e. The lowest BCUT2D eigenvalue weighted by Gasteiger charge is -2.09. The molecule has 0 aliphatic carbocycles. The lowest BCUT2D eigenvalue weighted by atomic mass is 10.1. The van der Waals surface area contributed by atoms with Crippen LogP contribution in [-0.2, 0) is 11.2 Å². The Morgan fingerprint density at radius 2 is 2.00 bits per heavy atom. The van der Waals surface area contributed by atoms with Crippen LogP contribution in [-0.4, -0.2) is 24.9 Å². The number of carbonyl (C=O) groups excluding carboxylic acids is 1. The highest BCUT2D eigenvalue weighted by Crippen LogP contribution is 2.13. The van der Waals surface area contributed by atoms with E-state index in [4.69, 9.17) is 5.53 Å². The van der Waals surface area contributed by atoms with E-state index in [9.17, 15) is 4.79 Å². The number of likely N-dealkylation sites (N-methyl/N-ethyl adjacent to an activating group) is 1. The van der Waals surface area contributed by atoms with Gasteiger partial charge >= 0.3 is 0 Å². The van der Waals surface area contributed by atoms with E-state index in [0.29, 0.717) is 12.1 Å². The average molecular weight is 204 g/mol. The second-order valence-corrected chi connectivity index (χ2v) is 3.32. The van der Waals surface area contributed by atoms with Crippen LogP contribution in [0.25, 0.3) is 10.4 Å². The predicted octanol–water partition coefficient (Wildman–Crippen LogP) is 2.26. The van der Waals surface area contributed by atoms with E-state index in [-0.39, 0.29) is 5.91 Å². The standard InChI is InChI=1S/C10H12N4O/c1-14(2)10(15)7-8-3-5-9(6-4-8)12-13-11/h3-6H,7H2,1-2H3. The fraction of sp³-hybridized carbons (Fsp3) is 0.300. The Kier molecular flexibility index (Phi) is 3.71. The Morgan fingerprint density at radius 1 is 1.40 bits per heavy atom. The molecule has 0 saturated carbocycles. The Bertz CT molecular complexity index is 390. The first-order valence-corrected chi connectivity index (χ1v) is 4.47. The van der Waals surface area contributed by atoms with Crippen molar-refractivity contribution >= 4 is 11.6 Å². The Balaban J connectivity index is 2.72. The summed E-state index contributed by atoms with van der Waals surface area (Å²) in [6, 6.07) is 6.95. The molecule has 0 aliphatic heterocycles. The summed E-state index contributed by atoms with van der Waals surface area (Å²) in [4.78, 5) is 15.6. The molecule has 0 bridgehead atoms. The molecule has 0 atom stereocenters. The second kappa shape index (κ2) is 5.02. The van der Waals surface area contributed by atoms with E-state index >= 15 is 0 Å². The van der Waals surface area contributed by atoms with Crippen molar-refractivity contribution in [1.29, 1.82) is 0 Å². The van der Waals surface area contributed by atoms with Crippen LogP contribution in [0.4, 0.5) is 5.69 Å². The van der Waals surface area contributed by atoms with Gasteiger partial charge in [-0.2, -0.15) is 0 Å². The fourth-order valence-electron chi connectivity index (χ4n) is 1.06. The third-order valence-electron chi connectivity index (χ3n) is 1.95. The van der Waals surface area contributed by atoms with Crippen molar-refractivity contribution < 1.29 is 4.79 Å². The van der Waals surface area contributed by atoms with Crippen LogP contribution >= 0.6 is 0 Å². The summed E-state index contributed by atoms with van der Waals surface area (Å²) < 4.78 is 0. The smallest absolute Gasteiger partial charge is 0.226 e. The Labute approximate surface area is 87.9 Å². The zero-order valence-corrected chi connectivity index (χ0v) is 8.71. The van der Waals surface area contributed by atoms with Crippen LogP contribution in [0.1, 0.15) is 5.56 Å². The number of benzene rings is 1. The zero-order valence-electron chi connectivity index (χ0n) is 8.71. The number of hydrogen-bond donors (Lipinski definition) is 0. The van der Waals surface area contributed by atoms with Gasteiger partial charge in [-0.1, -0.05) is 29.4 Å². The van der Waals surface area contributed by atoms with Gasteiger partial charge in [0.25, 0.3) is 0 Å². The minimum absolute atomic E-state index is 0.0477. The minimum Gasteiger partial charge on any atom is -0.349 e. The van der Waals surface area contributed by atoms with Crippen molar-refractivity contribution in [3.05, 3.63) is 40.3 Å². The summed E-state index contributed by atoms with van der Waals surface area (Å²) in [5.74, 6) is 0.0477. The molecule has 0 spiro atoms. The van der Waals surface area contributed by atoms with Gasteiger partial charge in [0, 0.05) is 24.7 Å². The van der Waals surface area contributed by atoms with Gasteiger partial charge in [-0.15, -0.1) is 0 Å². The van der Waals surface area contributed by atoms with E-state index < -0.39 is 0 Å². The Morgan fingerprint density at radius 3 is 2.47 bits per heavy atom. The van der Waals surface area contributed by atoms with E-state index in [2.05, 4.69) is 10.0 Å². The quantitative estimate of drug-likeness (QED) is 0.423. The lowest BCUT2D eigenvalue weighted by Crippen LogP contribution is -2.23. The molecule has 0 aromatic heterocycles. The molecule has 5 nitrogen and oxygen atoms in total. The highest BCUT2D eigenvalue weighted by molar-refractivity contribution is 5.78. The summed E-state index contributed by atoms with van der Waals surface area (Å²) in [6.45, 7) is 0. The van der Waals surface area contributed by atoms with Crippen molar-refractivity contribution in [3.63, 3.8) is 0 Å². The van der Waals surface area contributed by atoms with Crippen molar-refractivity contribution in [3.8, 4) is 0 Å². The van der Waals surface area contributed by atoms with Crippen molar-refractivity contribution in [2.24, 2.45) is 5.11 Å². The van der Waals surface area contributed by atoms with Crippen LogP contribution in [0.5, 0.6) is 0 Å². The van der Waals surface area contributed by atoms with Gasteiger partial charge in [0.05, 0.1) is 6.42 Å². The molecular formula is C10H12N4O. The fourth-order valence-corrected chi connectivity index (χ4v) is 1.06. The number of azide groups is 1. The molecule has 0 aliphatic rings. The molecule has 78 valence electrons. The number of amides is 1. The van der Waals surface area contributed by atoms with E-state index in [1.165, 1.54) is 0 Å². The zero-order chi connectivity index (χ0) is 11.3. The minimum atomic E-state index is 0.0477. The van der Waals surface area contributed by atoms with Gasteiger partial charge in [-0.3, -0.25) is 4.79 Å². The van der Waals surface area contributed by atoms with Crippen molar-refractivity contribution in [2.75, 3.05) is 14.1 Å². The number of carbonyl (C=O) groups is 1. The van der Waals surface area contributed by atoms with Gasteiger partial charge in [0.1, 0.15) is 0 Å². The second-order valence-electron chi connectivity index (χ2n) is 3.32. The highest BCUT2D eigenvalue weighted by atomic mass is 16.2. The predicted molar refractivity (Wildman–Crippen MR) is 57.6 cm³/mol. The van der Waals surface area contributed by atoms with E-state index in [1.807, 2.05) is 0 Å². The summed E-state index contributed by atoms with van der Waals surface area (Å²) in [5.41, 5.74) is 9.67. The SMILES string of the molecule is CN(C)C(=O)Cc1ccc(N=[N+]=[N-])cc1. The first-order chi connectivity index (χ1) is 7.13. The third kappa shape index (κ3) is 3.32. The van der Waals surface area contributed by atoms with Crippen LogP contribution in [0.15, 0.2) is 29.4 Å². The van der Waals surface area contributed by atoms with Gasteiger partial charge in [0.15, 0.2) is 0 Å². The van der Waals surface area contributed by atoms with Gasteiger partial charge in [-0.25, -0.2) is 0 Å². The lowest BCUT2D eigenvalue weighted by molar-refractivity contribution is -0.127. The molecule has 1 rings (SSSR count). The van der Waals surface area contributed by atoms with Crippen molar-refractivity contribution in [1.82, 2.24) is 4.90 Å². The van der Waals surface area contributed by atoms with E-state index in [0.717, 1.165) is 5.56 Å². The Hall–Kier alpha value is -2.00. The van der Waals surface area contributed by atoms with Crippen LogP contribution in [0.2, 0.25) is 0 Å². The van der Waals surface area contributed by atoms with Gasteiger partial charge in [0.2, 0.25) is 5.91 Å². The molecule has 1 aromatic rings. The molecule has 0 fully saturated rings. The summed E-state index contributed by atoms with van der Waals surface area (Å²) in [5, 5.41) is 3.45. The van der Waals surface area contributed by atoms with Crippen LogP contribution < -0.4 is 0 Å². The molecule has 1 aromatic carbocycles. The molecule has 5 heteroatoms. The first-order valence-electron chi connectivity index (χ1n) is 4.47. The van der Waals surface area contributed by atoms with Gasteiger partial charge < -0.3 is 4.90 Å². The van der Waals surface area contributed by atoms with Crippen molar-refractivity contribution in [2.45, 2.75) is 6.42 Å². The number of nitrogens with zero attached hydrogens (tertiary/aromatic N) is 4. The number of hydrogen-bond acceptors (Lipinski definition) is 2. The molecule has 0 heterocycles. The molecule has 0 saturated heterocycles. The van der Waals surface area contributed by atoms with Gasteiger partial charge in [-0.05, 0) is 11.1 Å². The summed E-state index contributed by atoms with van der Waals surface area (Å²) in [6.07, 6.45) is 0.365. The molecular weight excluding hydrogens is 192 g/mol. The normalized spacial score (nSPS) is 9.20. The maximum absolute atomic E-state index is 11.4. The summed E-state index contributed by atoms with van der Waals surface area (Å²) in [7, 11) is 3.44. The molecule has 15 heavy (non-hydrogen) atoms. The highest BCUT2D eigenvalue weighted by Gasteiger charge is 2.04.